The Balaban J connectivity index is 0.000001000. The number of hydrogen-bond acceptors (Lipinski definition) is 0. The van der Waals surface area contributed by atoms with Gasteiger partial charge in [-0.3, -0.25) is 0 Å². The molecule has 0 amide bonds. The molecule has 0 radical (unpaired) electrons. The molecule has 2 nitrogen and oxygen atoms in total. The number of aryl methyl sites for hydroxylation is 2. The molecule has 0 unspecified atom stereocenters. The first-order valence-electron chi connectivity index (χ1n) is 3.93. The van der Waals surface area contributed by atoms with Crippen LogP contribution in [0, 0.1) is 0 Å². The van der Waals surface area contributed by atoms with E-state index in [0.717, 1.165) is 13.1 Å². The number of hydrogen-bond donors (Lipinski definition) is 0. The third-order valence-corrected chi connectivity index (χ3v) is 1.62. The van der Waals surface area contributed by atoms with Crippen LogP contribution < -0.4 is 21.7 Å². The van der Waals surface area contributed by atoms with Crippen LogP contribution in [0.15, 0.2) is 18.5 Å². The van der Waals surface area contributed by atoms with E-state index in [-0.39, 0.29) is 17.0 Å². The third kappa shape index (κ3) is 2.66. The maximum atomic E-state index is 2.24. The quantitative estimate of drug-likeness (QED) is 0.531. The lowest BCUT2D eigenvalue weighted by molar-refractivity contribution is -0.775. The summed E-state index contributed by atoms with van der Waals surface area (Å²) in [6, 6.07) is 2.08. The molecule has 64 valence electrons. The molecule has 1 rings (SSSR count). The smallest absolute Gasteiger partial charge is 0.195 e. The summed E-state index contributed by atoms with van der Waals surface area (Å²) in [5, 5.41) is 0. The minimum absolute atomic E-state index is 0. The van der Waals surface area contributed by atoms with Crippen molar-refractivity contribution in [3.63, 3.8) is 0 Å². The minimum atomic E-state index is 0. The molecule has 0 saturated carbocycles. The van der Waals surface area contributed by atoms with Gasteiger partial charge in [0, 0.05) is 12.5 Å². The average Bonchev–Trinajstić information content (AvgIpc) is 2.36. The van der Waals surface area contributed by atoms with Crippen molar-refractivity contribution in [2.24, 2.45) is 0 Å². The molecule has 0 aliphatic heterocycles. The Labute approximate surface area is 78.6 Å². The molecule has 11 heavy (non-hydrogen) atoms. The van der Waals surface area contributed by atoms with E-state index in [4.69, 9.17) is 0 Å². The lowest BCUT2D eigenvalue weighted by atomic mass is 10.5. The van der Waals surface area contributed by atoms with E-state index in [2.05, 4.69) is 41.7 Å². The van der Waals surface area contributed by atoms with Crippen molar-refractivity contribution in [1.29, 1.82) is 0 Å². The van der Waals surface area contributed by atoms with Gasteiger partial charge in [0.25, 0.3) is 0 Å². The Bertz CT molecular complexity index is 196. The molecule has 0 aliphatic rings. The van der Waals surface area contributed by atoms with Crippen LogP contribution in [0.5, 0.6) is 0 Å². The van der Waals surface area contributed by atoms with E-state index in [0.29, 0.717) is 0 Å². The molecule has 3 heteroatoms. The first-order valence-corrected chi connectivity index (χ1v) is 3.93. The number of nitrogens with zero attached hydrogens (tertiary/aromatic N) is 2. The number of halogens is 1. The van der Waals surface area contributed by atoms with Crippen LogP contribution in [0.25, 0.3) is 0 Å². The summed E-state index contributed by atoms with van der Waals surface area (Å²) in [6.07, 6.45) is 5.43. The topological polar surface area (TPSA) is 8.81 Å². The lowest BCUT2D eigenvalue weighted by Gasteiger charge is -1.95. The predicted octanol–water partition coefficient (Wildman–Crippen LogP) is -1.79. The fourth-order valence-electron chi connectivity index (χ4n) is 1.13. The summed E-state index contributed by atoms with van der Waals surface area (Å²) in [4.78, 5) is 0. The van der Waals surface area contributed by atoms with Crippen molar-refractivity contribution in [3.05, 3.63) is 18.5 Å². The summed E-state index contributed by atoms with van der Waals surface area (Å²) >= 11 is 0. The van der Waals surface area contributed by atoms with Gasteiger partial charge >= 0.3 is 0 Å². The first-order chi connectivity index (χ1) is 4.88. The van der Waals surface area contributed by atoms with Crippen molar-refractivity contribution < 1.29 is 21.7 Å². The highest BCUT2D eigenvalue weighted by Gasteiger charge is 2.01. The molecule has 1 heterocycles. The lowest BCUT2D eigenvalue weighted by Crippen LogP contribution is -3.00. The van der Waals surface area contributed by atoms with E-state index in [1.165, 1.54) is 6.42 Å². The van der Waals surface area contributed by atoms with Gasteiger partial charge in [0.05, 0.1) is 12.7 Å². The molecule has 0 spiro atoms. The van der Waals surface area contributed by atoms with Crippen molar-refractivity contribution in [2.75, 3.05) is 0 Å². The van der Waals surface area contributed by atoms with Crippen LogP contribution in [0.3, 0.4) is 0 Å². The van der Waals surface area contributed by atoms with Gasteiger partial charge in [0.15, 0.2) is 12.7 Å². The zero-order valence-corrected chi connectivity index (χ0v) is 8.71. The van der Waals surface area contributed by atoms with Crippen LogP contribution in [0.1, 0.15) is 20.3 Å². The van der Waals surface area contributed by atoms with Gasteiger partial charge in [-0.05, 0) is 6.92 Å². The van der Waals surface area contributed by atoms with Crippen molar-refractivity contribution in [1.82, 2.24) is 4.68 Å². The van der Waals surface area contributed by atoms with Crippen LogP contribution in [-0.4, -0.2) is 4.68 Å². The molecular formula is C8H15BrN2. The van der Waals surface area contributed by atoms with E-state index in [9.17, 15) is 0 Å². The van der Waals surface area contributed by atoms with Crippen LogP contribution in [0.4, 0.5) is 0 Å². The van der Waals surface area contributed by atoms with Gasteiger partial charge in [-0.15, -0.1) is 4.68 Å². The minimum Gasteiger partial charge on any atom is -1.00 e. The second-order valence-corrected chi connectivity index (χ2v) is 2.41. The zero-order chi connectivity index (χ0) is 7.40. The second-order valence-electron chi connectivity index (χ2n) is 2.41. The Morgan fingerprint density at radius 2 is 2.09 bits per heavy atom. The van der Waals surface area contributed by atoms with Crippen molar-refractivity contribution in [3.8, 4) is 0 Å². The fourth-order valence-corrected chi connectivity index (χ4v) is 1.13. The van der Waals surface area contributed by atoms with Gasteiger partial charge in [-0.25, -0.2) is 0 Å². The Morgan fingerprint density at radius 3 is 2.64 bits per heavy atom. The fraction of sp³-hybridized carbons (Fsp3) is 0.625. The standard InChI is InChI=1S/C8H15N2.BrH/c1-3-6-10-8-5-7-9(10)4-2;/h5,7-8H,3-4,6H2,1-2H3;1H/q+1;/p-1. The largest absolute Gasteiger partial charge is 1.00 e. The van der Waals surface area contributed by atoms with Gasteiger partial charge in [-0.1, -0.05) is 6.92 Å². The van der Waals surface area contributed by atoms with E-state index < -0.39 is 0 Å². The molecule has 1 aromatic rings. The molecular weight excluding hydrogens is 204 g/mol. The average molecular weight is 219 g/mol. The summed E-state index contributed by atoms with van der Waals surface area (Å²) in [5.74, 6) is 0. The Morgan fingerprint density at radius 1 is 1.36 bits per heavy atom. The van der Waals surface area contributed by atoms with E-state index in [1.807, 2.05) is 0 Å². The molecule has 0 saturated heterocycles. The number of aromatic nitrogens is 2. The predicted molar refractivity (Wildman–Crippen MR) is 40.6 cm³/mol. The maximum Gasteiger partial charge on any atom is 0.195 e. The monoisotopic (exact) mass is 218 g/mol. The Hall–Kier alpha value is -0.310. The van der Waals surface area contributed by atoms with Crippen LogP contribution >= 0.6 is 0 Å². The molecule has 0 fully saturated rings. The molecule has 0 bridgehead atoms. The van der Waals surface area contributed by atoms with E-state index >= 15 is 0 Å². The highest BCUT2D eigenvalue weighted by molar-refractivity contribution is 4.70. The van der Waals surface area contributed by atoms with Gasteiger partial charge < -0.3 is 17.0 Å². The summed E-state index contributed by atoms with van der Waals surface area (Å²) in [6.45, 7) is 6.54. The van der Waals surface area contributed by atoms with Crippen LogP contribution in [-0.2, 0) is 13.1 Å². The molecule has 0 aromatic carbocycles. The summed E-state index contributed by atoms with van der Waals surface area (Å²) in [7, 11) is 0. The van der Waals surface area contributed by atoms with Gasteiger partial charge in [0.2, 0.25) is 0 Å². The molecule has 0 atom stereocenters. The SMILES string of the molecule is CCC[n+]1cccn1CC.[Br-]. The maximum absolute atomic E-state index is 2.24. The second kappa shape index (κ2) is 5.35. The van der Waals surface area contributed by atoms with E-state index in [1.54, 1.807) is 0 Å². The van der Waals surface area contributed by atoms with Crippen LogP contribution in [0.2, 0.25) is 0 Å². The third-order valence-electron chi connectivity index (χ3n) is 1.62. The summed E-state index contributed by atoms with van der Waals surface area (Å²) < 4.78 is 4.45. The Kier molecular flexibility index (Phi) is 5.20. The highest BCUT2D eigenvalue weighted by atomic mass is 79.9. The molecule has 0 N–H and O–H groups in total. The van der Waals surface area contributed by atoms with Gasteiger partial charge in [-0.2, -0.15) is 4.68 Å². The van der Waals surface area contributed by atoms with Crippen molar-refractivity contribution >= 4 is 0 Å². The first kappa shape index (κ1) is 10.7. The molecule has 1 aromatic heterocycles. The normalized spacial score (nSPS) is 9.27. The van der Waals surface area contributed by atoms with Crippen molar-refractivity contribution in [2.45, 2.75) is 33.4 Å². The molecule has 0 aliphatic carbocycles. The zero-order valence-electron chi connectivity index (χ0n) is 7.13. The highest BCUT2D eigenvalue weighted by Crippen LogP contribution is 1.83. The number of rotatable bonds is 3. The summed E-state index contributed by atoms with van der Waals surface area (Å²) in [5.41, 5.74) is 0. The van der Waals surface area contributed by atoms with Gasteiger partial charge in [0.1, 0.15) is 0 Å².